The van der Waals surface area contributed by atoms with E-state index in [9.17, 15) is 5.11 Å². The Balaban J connectivity index is 2.23. The number of aliphatic hydroxyl groups excluding tert-OH is 1. The minimum absolute atomic E-state index is 0.319. The summed E-state index contributed by atoms with van der Waals surface area (Å²) in [6, 6.07) is 0. The third kappa shape index (κ3) is 2.62. The van der Waals surface area contributed by atoms with Gasteiger partial charge in [-0.25, -0.2) is 9.97 Å². The molecular weight excluding hydrogens is 246 g/mol. The third-order valence-electron chi connectivity index (χ3n) is 3.09. The molecule has 2 rings (SSSR count). The summed E-state index contributed by atoms with van der Waals surface area (Å²) < 4.78 is 0. The highest BCUT2D eigenvalue weighted by Crippen LogP contribution is 2.32. The smallest absolute Gasteiger partial charge is 0.138 e. The molecule has 0 spiro atoms. The Morgan fingerprint density at radius 1 is 1.39 bits per heavy atom. The lowest BCUT2D eigenvalue weighted by Crippen LogP contribution is -2.19. The zero-order valence-electron chi connectivity index (χ0n) is 11.0. The number of aryl methyl sites for hydroxylation is 2. The van der Waals surface area contributed by atoms with E-state index in [-0.39, 0.29) is 6.10 Å². The molecule has 2 aromatic heterocycles. The first-order valence-corrected chi connectivity index (χ1v) is 7.07. The second-order valence-electron chi connectivity index (χ2n) is 4.51. The number of thiophene rings is 1. The largest absolute Gasteiger partial charge is 0.391 e. The number of aliphatic hydroxyl groups is 1. The quantitative estimate of drug-likeness (QED) is 0.872. The van der Waals surface area contributed by atoms with Gasteiger partial charge in [-0.1, -0.05) is 13.3 Å². The van der Waals surface area contributed by atoms with Gasteiger partial charge >= 0.3 is 0 Å². The maximum atomic E-state index is 9.75. The van der Waals surface area contributed by atoms with Crippen molar-refractivity contribution in [3.05, 3.63) is 16.8 Å². The maximum absolute atomic E-state index is 9.75. The molecule has 98 valence electrons. The summed E-state index contributed by atoms with van der Waals surface area (Å²) in [6.45, 7) is 6.79. The van der Waals surface area contributed by atoms with Crippen LogP contribution in [0.5, 0.6) is 0 Å². The van der Waals surface area contributed by atoms with E-state index < -0.39 is 0 Å². The second kappa shape index (κ2) is 5.63. The highest BCUT2D eigenvalue weighted by atomic mass is 32.1. The van der Waals surface area contributed by atoms with Crippen molar-refractivity contribution in [2.75, 3.05) is 11.9 Å². The van der Waals surface area contributed by atoms with Crippen LogP contribution in [-0.4, -0.2) is 27.7 Å². The van der Waals surface area contributed by atoms with Crippen LogP contribution < -0.4 is 5.32 Å². The molecule has 0 aliphatic carbocycles. The van der Waals surface area contributed by atoms with Crippen molar-refractivity contribution in [1.29, 1.82) is 0 Å². The van der Waals surface area contributed by atoms with Crippen molar-refractivity contribution < 1.29 is 5.11 Å². The minimum Gasteiger partial charge on any atom is -0.391 e. The molecule has 0 saturated carbocycles. The summed E-state index contributed by atoms with van der Waals surface area (Å²) in [5, 5.41) is 14.1. The van der Waals surface area contributed by atoms with Gasteiger partial charge in [0.25, 0.3) is 0 Å². The average Bonchev–Trinajstić information content (AvgIpc) is 2.64. The van der Waals surface area contributed by atoms with Crippen molar-refractivity contribution in [2.24, 2.45) is 0 Å². The summed E-state index contributed by atoms with van der Waals surface area (Å²) in [5.74, 6) is 0.831. The fourth-order valence-electron chi connectivity index (χ4n) is 1.97. The van der Waals surface area contributed by atoms with Gasteiger partial charge in [0.05, 0.1) is 11.5 Å². The molecule has 0 fully saturated rings. The molecule has 0 aromatic carbocycles. The Labute approximate surface area is 111 Å². The molecule has 2 aromatic rings. The van der Waals surface area contributed by atoms with Crippen molar-refractivity contribution in [3.63, 3.8) is 0 Å². The predicted octanol–water partition coefficient (Wildman–Crippen LogP) is 2.88. The number of nitrogens with zero attached hydrogens (tertiary/aromatic N) is 2. The van der Waals surface area contributed by atoms with Gasteiger partial charge in [-0.15, -0.1) is 11.3 Å². The average molecular weight is 265 g/mol. The number of hydrogen-bond donors (Lipinski definition) is 2. The molecule has 1 atom stereocenters. The van der Waals surface area contributed by atoms with Gasteiger partial charge in [0, 0.05) is 11.4 Å². The SMILES string of the molecule is CCCC(O)CNc1ncnc2sc(C)c(C)c12. The topological polar surface area (TPSA) is 58.0 Å². The zero-order chi connectivity index (χ0) is 13.1. The highest BCUT2D eigenvalue weighted by molar-refractivity contribution is 7.18. The van der Waals surface area contributed by atoms with E-state index in [1.165, 1.54) is 10.4 Å². The lowest BCUT2D eigenvalue weighted by atomic mass is 10.2. The summed E-state index contributed by atoms with van der Waals surface area (Å²) in [5.41, 5.74) is 1.23. The monoisotopic (exact) mass is 265 g/mol. The summed E-state index contributed by atoms with van der Waals surface area (Å²) in [6.07, 6.45) is 3.05. The number of hydrogen-bond acceptors (Lipinski definition) is 5. The molecule has 5 heteroatoms. The molecule has 2 heterocycles. The second-order valence-corrected chi connectivity index (χ2v) is 5.71. The zero-order valence-corrected chi connectivity index (χ0v) is 11.8. The van der Waals surface area contributed by atoms with Gasteiger partial charge in [-0.2, -0.15) is 0 Å². The Bertz CT molecular complexity index is 538. The van der Waals surface area contributed by atoms with Crippen LogP contribution in [0, 0.1) is 13.8 Å². The summed E-state index contributed by atoms with van der Waals surface area (Å²) >= 11 is 1.68. The third-order valence-corrected chi connectivity index (χ3v) is 4.21. The molecule has 4 nitrogen and oxygen atoms in total. The van der Waals surface area contributed by atoms with Crippen LogP contribution in [0.3, 0.4) is 0 Å². The predicted molar refractivity (Wildman–Crippen MR) is 76.3 cm³/mol. The summed E-state index contributed by atoms with van der Waals surface area (Å²) in [4.78, 5) is 10.9. The van der Waals surface area contributed by atoms with E-state index in [0.29, 0.717) is 6.54 Å². The number of anilines is 1. The number of rotatable bonds is 5. The Hall–Kier alpha value is -1.20. The highest BCUT2D eigenvalue weighted by Gasteiger charge is 2.12. The fourth-order valence-corrected chi connectivity index (χ4v) is 2.96. The molecule has 1 unspecified atom stereocenters. The molecule has 0 aliphatic rings. The van der Waals surface area contributed by atoms with E-state index in [2.05, 4.69) is 36.1 Å². The van der Waals surface area contributed by atoms with Crippen molar-refractivity contribution >= 4 is 27.4 Å². The van der Waals surface area contributed by atoms with Crippen LogP contribution in [-0.2, 0) is 0 Å². The van der Waals surface area contributed by atoms with Gasteiger partial charge in [0.15, 0.2) is 0 Å². The molecule has 0 radical (unpaired) electrons. The van der Waals surface area contributed by atoms with Crippen LogP contribution >= 0.6 is 11.3 Å². The fraction of sp³-hybridized carbons (Fsp3) is 0.538. The van der Waals surface area contributed by atoms with Crippen LogP contribution in [0.2, 0.25) is 0 Å². The number of fused-ring (bicyclic) bond motifs is 1. The van der Waals surface area contributed by atoms with Gasteiger partial charge in [-0.3, -0.25) is 0 Å². The van der Waals surface area contributed by atoms with E-state index in [0.717, 1.165) is 28.9 Å². The van der Waals surface area contributed by atoms with E-state index in [1.807, 2.05) is 0 Å². The Kier molecular flexibility index (Phi) is 4.14. The number of nitrogens with one attached hydrogen (secondary N) is 1. The summed E-state index contributed by atoms with van der Waals surface area (Å²) in [7, 11) is 0. The first kappa shape index (κ1) is 13.2. The van der Waals surface area contributed by atoms with Crippen molar-refractivity contribution in [2.45, 2.75) is 39.7 Å². The van der Waals surface area contributed by atoms with Gasteiger partial charge in [-0.05, 0) is 25.8 Å². The van der Waals surface area contributed by atoms with Crippen molar-refractivity contribution in [3.8, 4) is 0 Å². The normalized spacial score (nSPS) is 12.9. The molecule has 0 amide bonds. The standard InChI is InChI=1S/C13H19N3OS/c1-4-5-10(17)6-14-12-11-8(2)9(3)18-13(11)16-7-15-12/h7,10,17H,4-6H2,1-3H3,(H,14,15,16). The van der Waals surface area contributed by atoms with E-state index in [4.69, 9.17) is 0 Å². The lowest BCUT2D eigenvalue weighted by molar-refractivity contribution is 0.176. The van der Waals surface area contributed by atoms with Crippen LogP contribution in [0.4, 0.5) is 5.82 Å². The van der Waals surface area contributed by atoms with Gasteiger partial charge < -0.3 is 10.4 Å². The molecule has 18 heavy (non-hydrogen) atoms. The van der Waals surface area contributed by atoms with Crippen LogP contribution in [0.25, 0.3) is 10.2 Å². The minimum atomic E-state index is -0.319. The first-order valence-electron chi connectivity index (χ1n) is 6.26. The molecular formula is C13H19N3OS. The maximum Gasteiger partial charge on any atom is 0.138 e. The molecule has 2 N–H and O–H groups in total. The van der Waals surface area contributed by atoms with Crippen LogP contribution in [0.1, 0.15) is 30.2 Å². The first-order chi connectivity index (χ1) is 8.63. The van der Waals surface area contributed by atoms with E-state index in [1.54, 1.807) is 17.7 Å². The van der Waals surface area contributed by atoms with Crippen molar-refractivity contribution in [1.82, 2.24) is 9.97 Å². The van der Waals surface area contributed by atoms with Gasteiger partial charge in [0.1, 0.15) is 17.0 Å². The Morgan fingerprint density at radius 2 is 2.17 bits per heavy atom. The van der Waals surface area contributed by atoms with Gasteiger partial charge in [0.2, 0.25) is 0 Å². The number of aromatic nitrogens is 2. The van der Waals surface area contributed by atoms with E-state index >= 15 is 0 Å². The van der Waals surface area contributed by atoms with Crippen LogP contribution in [0.15, 0.2) is 6.33 Å². The molecule has 0 aliphatic heterocycles. The molecule has 0 bridgehead atoms. The lowest BCUT2D eigenvalue weighted by Gasteiger charge is -2.11. The molecule has 0 saturated heterocycles. The Morgan fingerprint density at radius 3 is 2.89 bits per heavy atom.